The Labute approximate surface area is 115 Å². The van der Waals surface area contributed by atoms with Crippen molar-refractivity contribution in [2.75, 3.05) is 5.43 Å². The Bertz CT molecular complexity index is 398. The molecule has 1 aromatic rings. The Kier molecular flexibility index (Phi) is 5.37. The molecule has 1 aromatic carbocycles. The molecule has 0 fully saturated rings. The molecule has 0 saturated heterocycles. The van der Waals surface area contributed by atoms with Gasteiger partial charge in [0.2, 0.25) is 5.91 Å². The molecule has 0 aliphatic heterocycles. The smallest absolute Gasteiger partial charge is 0.238 e. The molecule has 0 bridgehead atoms. The van der Waals surface area contributed by atoms with Crippen LogP contribution in [0.1, 0.15) is 20.3 Å². The van der Waals surface area contributed by atoms with E-state index in [1.54, 1.807) is 12.1 Å². The van der Waals surface area contributed by atoms with Crippen molar-refractivity contribution in [2.45, 2.75) is 20.3 Å². The number of anilines is 1. The van der Waals surface area contributed by atoms with Gasteiger partial charge in [-0.2, -0.15) is 0 Å². The highest BCUT2D eigenvalue weighted by molar-refractivity contribution is 6.41. The lowest BCUT2D eigenvalue weighted by Gasteiger charge is -2.12. The zero-order chi connectivity index (χ0) is 13.0. The van der Waals surface area contributed by atoms with Crippen LogP contribution in [0.5, 0.6) is 0 Å². The summed E-state index contributed by atoms with van der Waals surface area (Å²) >= 11 is 17.7. The van der Waals surface area contributed by atoms with E-state index in [1.165, 1.54) is 0 Å². The predicted octanol–water partition coefficient (Wildman–Crippen LogP) is 4.14. The summed E-state index contributed by atoms with van der Waals surface area (Å²) in [5, 5.41) is 1.15. The Hall–Kier alpha value is -0.640. The van der Waals surface area contributed by atoms with E-state index in [2.05, 4.69) is 10.9 Å². The Balaban J connectivity index is 2.67. The number of nitrogens with one attached hydrogen (secondary N) is 2. The fraction of sp³-hybridized carbons (Fsp3) is 0.364. The maximum Gasteiger partial charge on any atom is 0.238 e. The minimum absolute atomic E-state index is 0.123. The highest BCUT2D eigenvalue weighted by atomic mass is 35.5. The summed E-state index contributed by atoms with van der Waals surface area (Å²) in [5.41, 5.74) is 5.66. The molecular formula is C11H13Cl3N2O. The van der Waals surface area contributed by atoms with Gasteiger partial charge in [0.05, 0.1) is 15.7 Å². The number of benzene rings is 1. The molecule has 0 radical (unpaired) electrons. The molecule has 0 aliphatic carbocycles. The normalized spacial score (nSPS) is 10.5. The van der Waals surface area contributed by atoms with Gasteiger partial charge in [-0.25, -0.2) is 0 Å². The molecule has 0 aromatic heterocycles. The second-order valence-electron chi connectivity index (χ2n) is 4.02. The highest BCUT2D eigenvalue weighted by Gasteiger charge is 2.09. The first-order valence-corrected chi connectivity index (χ1v) is 6.23. The Morgan fingerprint density at radius 3 is 2.24 bits per heavy atom. The lowest BCUT2D eigenvalue weighted by molar-refractivity contribution is -0.121. The van der Waals surface area contributed by atoms with Crippen molar-refractivity contribution in [3.63, 3.8) is 0 Å². The highest BCUT2D eigenvalue weighted by Crippen LogP contribution is 2.33. The topological polar surface area (TPSA) is 41.1 Å². The molecular weight excluding hydrogens is 282 g/mol. The van der Waals surface area contributed by atoms with E-state index in [-0.39, 0.29) is 11.8 Å². The van der Waals surface area contributed by atoms with Crippen LogP contribution in [0, 0.1) is 5.92 Å². The van der Waals surface area contributed by atoms with E-state index in [0.717, 1.165) is 0 Å². The van der Waals surface area contributed by atoms with Crippen LogP contribution < -0.4 is 10.9 Å². The fourth-order valence-corrected chi connectivity index (χ4v) is 2.13. The number of rotatable bonds is 4. The molecule has 0 unspecified atom stereocenters. The first-order chi connectivity index (χ1) is 7.90. The molecule has 0 aliphatic rings. The third-order valence-corrected chi connectivity index (χ3v) is 2.74. The van der Waals surface area contributed by atoms with Gasteiger partial charge >= 0.3 is 0 Å². The molecule has 94 valence electrons. The van der Waals surface area contributed by atoms with Crippen molar-refractivity contribution < 1.29 is 4.79 Å². The number of carbonyl (C=O) groups excluding carboxylic acids is 1. The fourth-order valence-electron chi connectivity index (χ4n) is 1.22. The van der Waals surface area contributed by atoms with Gasteiger partial charge in [0, 0.05) is 11.4 Å². The van der Waals surface area contributed by atoms with E-state index in [1.807, 2.05) is 13.8 Å². The van der Waals surface area contributed by atoms with Gasteiger partial charge in [0.1, 0.15) is 0 Å². The van der Waals surface area contributed by atoms with E-state index in [4.69, 9.17) is 34.8 Å². The SMILES string of the molecule is CC(C)CC(=O)NNc1c(Cl)cc(Cl)cc1Cl. The molecule has 0 heterocycles. The third kappa shape index (κ3) is 4.62. The van der Waals surface area contributed by atoms with E-state index in [9.17, 15) is 4.79 Å². The van der Waals surface area contributed by atoms with Gasteiger partial charge < -0.3 is 0 Å². The first-order valence-electron chi connectivity index (χ1n) is 5.09. The van der Waals surface area contributed by atoms with E-state index in [0.29, 0.717) is 27.2 Å². The number of carbonyl (C=O) groups is 1. The standard InChI is InChI=1S/C11H13Cl3N2O/c1-6(2)3-10(17)15-16-11-8(13)4-7(12)5-9(11)14/h4-6,16H,3H2,1-2H3,(H,15,17). The minimum Gasteiger partial charge on any atom is -0.296 e. The average Bonchev–Trinajstić information content (AvgIpc) is 2.14. The molecule has 17 heavy (non-hydrogen) atoms. The molecule has 3 nitrogen and oxygen atoms in total. The zero-order valence-electron chi connectivity index (χ0n) is 9.48. The summed E-state index contributed by atoms with van der Waals surface area (Å²) in [4.78, 5) is 11.4. The van der Waals surface area contributed by atoms with Gasteiger partial charge in [-0.1, -0.05) is 48.7 Å². The maximum absolute atomic E-state index is 11.4. The summed E-state index contributed by atoms with van der Waals surface area (Å²) in [6.07, 6.45) is 0.426. The molecule has 6 heteroatoms. The molecule has 1 rings (SSSR count). The van der Waals surface area contributed by atoms with Gasteiger partial charge in [0.25, 0.3) is 0 Å². The van der Waals surface area contributed by atoms with Crippen LogP contribution in [0.15, 0.2) is 12.1 Å². The molecule has 0 spiro atoms. The molecule has 1 amide bonds. The van der Waals surface area contributed by atoms with E-state index < -0.39 is 0 Å². The van der Waals surface area contributed by atoms with Gasteiger partial charge in [-0.15, -0.1) is 0 Å². The quantitative estimate of drug-likeness (QED) is 0.820. The zero-order valence-corrected chi connectivity index (χ0v) is 11.7. The van der Waals surface area contributed by atoms with Crippen molar-refractivity contribution in [1.82, 2.24) is 5.43 Å². The van der Waals surface area contributed by atoms with Crippen LogP contribution >= 0.6 is 34.8 Å². The lowest BCUT2D eigenvalue weighted by atomic mass is 10.1. The summed E-state index contributed by atoms with van der Waals surface area (Å²) in [5.74, 6) is 0.162. The molecule has 2 N–H and O–H groups in total. The third-order valence-electron chi connectivity index (χ3n) is 1.93. The van der Waals surface area contributed by atoms with Gasteiger partial charge in [-0.3, -0.25) is 15.6 Å². The van der Waals surface area contributed by atoms with E-state index >= 15 is 0 Å². The molecule has 0 atom stereocenters. The van der Waals surface area contributed by atoms with Crippen molar-refractivity contribution in [1.29, 1.82) is 0 Å². The minimum atomic E-state index is -0.123. The van der Waals surface area contributed by atoms with Crippen molar-refractivity contribution >= 4 is 46.4 Å². The van der Waals surface area contributed by atoms with Crippen LogP contribution in [0.4, 0.5) is 5.69 Å². The van der Waals surface area contributed by atoms with Crippen LogP contribution in [0.2, 0.25) is 15.1 Å². The number of halogens is 3. The van der Waals surface area contributed by atoms with Gasteiger partial charge in [-0.05, 0) is 18.1 Å². The summed E-state index contributed by atoms with van der Waals surface area (Å²) < 4.78 is 0. The van der Waals surface area contributed by atoms with Crippen molar-refractivity contribution in [3.8, 4) is 0 Å². The largest absolute Gasteiger partial charge is 0.296 e. The number of hydrazine groups is 1. The molecule has 0 saturated carbocycles. The number of hydrogen-bond donors (Lipinski definition) is 2. The van der Waals surface area contributed by atoms with Crippen LogP contribution in [0.25, 0.3) is 0 Å². The predicted molar refractivity (Wildman–Crippen MR) is 72.7 cm³/mol. The Morgan fingerprint density at radius 2 is 1.76 bits per heavy atom. The second-order valence-corrected chi connectivity index (χ2v) is 5.27. The van der Waals surface area contributed by atoms with Crippen molar-refractivity contribution in [2.24, 2.45) is 5.92 Å². The Morgan fingerprint density at radius 1 is 1.24 bits per heavy atom. The van der Waals surface area contributed by atoms with Crippen LogP contribution in [0.3, 0.4) is 0 Å². The average molecular weight is 296 g/mol. The summed E-state index contributed by atoms with van der Waals surface area (Å²) in [7, 11) is 0. The second kappa shape index (κ2) is 6.34. The summed E-state index contributed by atoms with van der Waals surface area (Å²) in [6.45, 7) is 3.92. The monoisotopic (exact) mass is 294 g/mol. The van der Waals surface area contributed by atoms with Gasteiger partial charge in [0.15, 0.2) is 0 Å². The summed E-state index contributed by atoms with van der Waals surface area (Å²) in [6, 6.07) is 3.10. The van der Waals surface area contributed by atoms with Crippen molar-refractivity contribution in [3.05, 3.63) is 27.2 Å². The number of hydrogen-bond acceptors (Lipinski definition) is 2. The van der Waals surface area contributed by atoms with Crippen LogP contribution in [-0.2, 0) is 4.79 Å². The number of amides is 1. The lowest BCUT2D eigenvalue weighted by Crippen LogP contribution is -2.30. The maximum atomic E-state index is 11.4. The van der Waals surface area contributed by atoms with Crippen LogP contribution in [-0.4, -0.2) is 5.91 Å². The first kappa shape index (κ1) is 14.4.